The van der Waals surface area contributed by atoms with Gasteiger partial charge in [0.15, 0.2) is 0 Å². The summed E-state index contributed by atoms with van der Waals surface area (Å²) in [4.78, 5) is 15.4. The Labute approximate surface area is 166 Å². The molecule has 3 aromatic rings. The topological polar surface area (TPSA) is 32.3 Å². The predicted octanol–water partition coefficient (Wildman–Crippen LogP) is 5.13. The smallest absolute Gasteiger partial charge is 0.220 e. The van der Waals surface area contributed by atoms with E-state index in [1.807, 2.05) is 29.2 Å². The Kier molecular flexibility index (Phi) is 5.13. The van der Waals surface area contributed by atoms with E-state index in [0.717, 1.165) is 30.3 Å². The number of carbonyl (C=O) groups is 1. The van der Waals surface area contributed by atoms with Crippen molar-refractivity contribution in [1.29, 1.82) is 0 Å². The molecule has 0 unspecified atom stereocenters. The van der Waals surface area contributed by atoms with Gasteiger partial charge in [0.1, 0.15) is 11.6 Å². The van der Waals surface area contributed by atoms with E-state index in [-0.39, 0.29) is 18.5 Å². The minimum atomic E-state index is -0.582. The number of hydrogen-bond acceptors (Lipinski definition) is 3. The van der Waals surface area contributed by atoms with E-state index in [9.17, 15) is 13.6 Å². The summed E-state index contributed by atoms with van der Waals surface area (Å²) in [5, 5.41) is 5.24. The molecular weight excluding hydrogens is 378 g/mol. The number of fused-ring (bicyclic) bond motifs is 1. The van der Waals surface area contributed by atoms with Gasteiger partial charge in [-0.15, -0.1) is 11.3 Å². The maximum Gasteiger partial charge on any atom is 0.220 e. The molecule has 0 fully saturated rings. The van der Waals surface area contributed by atoms with Crippen LogP contribution in [-0.2, 0) is 17.8 Å². The minimum Gasteiger partial charge on any atom is -0.381 e. The number of amides is 1. The molecule has 2 aromatic carbocycles. The molecule has 144 valence electrons. The number of rotatable bonds is 4. The van der Waals surface area contributed by atoms with Crippen LogP contribution in [0.5, 0.6) is 0 Å². The van der Waals surface area contributed by atoms with Gasteiger partial charge >= 0.3 is 0 Å². The zero-order valence-electron chi connectivity index (χ0n) is 15.4. The third kappa shape index (κ3) is 3.64. The molecule has 6 heteroatoms. The van der Waals surface area contributed by atoms with E-state index < -0.39 is 11.6 Å². The van der Waals surface area contributed by atoms with Crippen molar-refractivity contribution < 1.29 is 13.6 Å². The summed E-state index contributed by atoms with van der Waals surface area (Å²) in [5.41, 5.74) is 3.49. The summed E-state index contributed by atoms with van der Waals surface area (Å²) in [6.45, 7) is 2.60. The summed E-state index contributed by atoms with van der Waals surface area (Å²) in [7, 11) is 0. The molecule has 1 atom stereocenters. The lowest BCUT2D eigenvalue weighted by molar-refractivity contribution is -0.130. The number of halogens is 2. The zero-order chi connectivity index (χ0) is 19.7. The van der Waals surface area contributed by atoms with Crippen LogP contribution in [0.1, 0.15) is 34.5 Å². The quantitative estimate of drug-likeness (QED) is 0.661. The standard InChI is InChI=1S/C22H20F2N2OS/c1-14(27)26-10-8-21-19(9-11-28-21)22(26)15-3-6-18(7-4-15)25-13-16-2-5-17(23)12-20(16)24/h2-7,9,11-12,22,25H,8,10,13H2,1H3/t22-/m0/s1. The normalized spacial score (nSPS) is 16.0. The van der Waals surface area contributed by atoms with Crippen LogP contribution in [0.15, 0.2) is 53.9 Å². The van der Waals surface area contributed by atoms with Crippen molar-refractivity contribution in [3.8, 4) is 0 Å². The molecule has 1 N–H and O–H groups in total. The second-order valence-electron chi connectivity index (χ2n) is 6.88. The van der Waals surface area contributed by atoms with Gasteiger partial charge in [-0.25, -0.2) is 8.78 Å². The Balaban J connectivity index is 1.53. The molecule has 1 amide bonds. The highest BCUT2D eigenvalue weighted by molar-refractivity contribution is 7.10. The van der Waals surface area contributed by atoms with Crippen LogP contribution in [0.4, 0.5) is 14.5 Å². The molecule has 0 spiro atoms. The molecule has 1 aromatic heterocycles. The monoisotopic (exact) mass is 398 g/mol. The number of nitrogens with zero attached hydrogens (tertiary/aromatic N) is 1. The number of hydrogen-bond donors (Lipinski definition) is 1. The van der Waals surface area contributed by atoms with E-state index in [1.54, 1.807) is 18.3 Å². The van der Waals surface area contributed by atoms with Crippen LogP contribution in [0.3, 0.4) is 0 Å². The Morgan fingerprint density at radius 3 is 2.68 bits per heavy atom. The Bertz CT molecular complexity index is 1000. The maximum atomic E-state index is 13.8. The summed E-state index contributed by atoms with van der Waals surface area (Å²) >= 11 is 1.74. The van der Waals surface area contributed by atoms with Gasteiger partial charge in [-0.1, -0.05) is 18.2 Å². The number of thiophene rings is 1. The molecule has 0 saturated carbocycles. The van der Waals surface area contributed by atoms with Crippen molar-refractivity contribution in [3.05, 3.63) is 87.1 Å². The van der Waals surface area contributed by atoms with Crippen LogP contribution < -0.4 is 5.32 Å². The third-order valence-corrected chi connectivity index (χ3v) is 6.09. The fourth-order valence-electron chi connectivity index (χ4n) is 3.66. The molecule has 4 rings (SSSR count). The highest BCUT2D eigenvalue weighted by Gasteiger charge is 2.31. The summed E-state index contributed by atoms with van der Waals surface area (Å²) in [6.07, 6.45) is 0.895. The highest BCUT2D eigenvalue weighted by atomic mass is 32.1. The number of benzene rings is 2. The van der Waals surface area contributed by atoms with Gasteiger partial charge in [0.05, 0.1) is 6.04 Å². The molecular formula is C22H20F2N2OS. The molecule has 0 aliphatic carbocycles. The van der Waals surface area contributed by atoms with Gasteiger partial charge in [0.2, 0.25) is 5.91 Å². The van der Waals surface area contributed by atoms with Gasteiger partial charge in [-0.3, -0.25) is 4.79 Å². The second kappa shape index (κ2) is 7.72. The van der Waals surface area contributed by atoms with Crippen LogP contribution in [0.25, 0.3) is 0 Å². The first-order valence-electron chi connectivity index (χ1n) is 9.14. The first-order valence-corrected chi connectivity index (χ1v) is 10.0. The van der Waals surface area contributed by atoms with Crippen molar-refractivity contribution in [2.75, 3.05) is 11.9 Å². The van der Waals surface area contributed by atoms with E-state index in [2.05, 4.69) is 16.8 Å². The number of nitrogens with one attached hydrogen (secondary N) is 1. The summed E-state index contributed by atoms with van der Waals surface area (Å²) < 4.78 is 26.8. The van der Waals surface area contributed by atoms with Gasteiger partial charge < -0.3 is 10.2 Å². The predicted molar refractivity (Wildman–Crippen MR) is 107 cm³/mol. The van der Waals surface area contributed by atoms with Crippen LogP contribution in [-0.4, -0.2) is 17.4 Å². The maximum absolute atomic E-state index is 13.8. The zero-order valence-corrected chi connectivity index (χ0v) is 16.2. The van der Waals surface area contributed by atoms with Gasteiger partial charge in [0, 0.05) is 42.2 Å². The molecule has 3 nitrogen and oxygen atoms in total. The van der Waals surface area contributed by atoms with Crippen molar-refractivity contribution in [2.45, 2.75) is 25.9 Å². The fourth-order valence-corrected chi connectivity index (χ4v) is 4.56. The average Bonchev–Trinajstić information content (AvgIpc) is 3.16. The average molecular weight is 398 g/mol. The Morgan fingerprint density at radius 2 is 1.96 bits per heavy atom. The summed E-state index contributed by atoms with van der Waals surface area (Å²) in [5.74, 6) is -1.08. The van der Waals surface area contributed by atoms with Gasteiger partial charge in [-0.05, 0) is 47.2 Å². The lowest BCUT2D eigenvalue weighted by Gasteiger charge is -2.35. The number of carbonyl (C=O) groups excluding carboxylic acids is 1. The lowest BCUT2D eigenvalue weighted by atomic mass is 9.93. The molecule has 2 heterocycles. The molecule has 28 heavy (non-hydrogen) atoms. The first kappa shape index (κ1) is 18.6. The SMILES string of the molecule is CC(=O)N1CCc2sccc2[C@@H]1c1ccc(NCc2ccc(F)cc2F)cc1. The highest BCUT2D eigenvalue weighted by Crippen LogP contribution is 2.38. The fraction of sp³-hybridized carbons (Fsp3) is 0.227. The lowest BCUT2D eigenvalue weighted by Crippen LogP contribution is -2.38. The molecule has 0 bridgehead atoms. The number of anilines is 1. The van der Waals surface area contributed by atoms with Gasteiger partial charge in [-0.2, -0.15) is 0 Å². The van der Waals surface area contributed by atoms with Crippen molar-refractivity contribution in [1.82, 2.24) is 4.90 Å². The van der Waals surface area contributed by atoms with Crippen molar-refractivity contribution >= 4 is 22.9 Å². The molecule has 1 aliphatic heterocycles. The Hall–Kier alpha value is -2.73. The Morgan fingerprint density at radius 1 is 1.18 bits per heavy atom. The van der Waals surface area contributed by atoms with E-state index in [0.29, 0.717) is 5.56 Å². The third-order valence-electron chi connectivity index (χ3n) is 5.09. The van der Waals surface area contributed by atoms with Crippen molar-refractivity contribution in [2.24, 2.45) is 0 Å². The van der Waals surface area contributed by atoms with E-state index in [1.165, 1.54) is 22.6 Å². The largest absolute Gasteiger partial charge is 0.381 e. The molecule has 0 radical (unpaired) electrons. The van der Waals surface area contributed by atoms with E-state index >= 15 is 0 Å². The van der Waals surface area contributed by atoms with Crippen LogP contribution in [0, 0.1) is 11.6 Å². The van der Waals surface area contributed by atoms with Crippen LogP contribution >= 0.6 is 11.3 Å². The van der Waals surface area contributed by atoms with E-state index in [4.69, 9.17) is 0 Å². The van der Waals surface area contributed by atoms with Crippen molar-refractivity contribution in [3.63, 3.8) is 0 Å². The second-order valence-corrected chi connectivity index (χ2v) is 7.88. The molecule has 1 aliphatic rings. The summed E-state index contributed by atoms with van der Waals surface area (Å²) in [6, 6.07) is 13.5. The molecule has 0 saturated heterocycles. The van der Waals surface area contributed by atoms with Gasteiger partial charge in [0.25, 0.3) is 0 Å². The van der Waals surface area contributed by atoms with Crippen LogP contribution in [0.2, 0.25) is 0 Å². The minimum absolute atomic E-state index is 0.0656. The first-order chi connectivity index (χ1) is 13.5.